The summed E-state index contributed by atoms with van der Waals surface area (Å²) in [5.41, 5.74) is 6.94. The summed E-state index contributed by atoms with van der Waals surface area (Å²) in [6.07, 6.45) is 0.969. The summed E-state index contributed by atoms with van der Waals surface area (Å²) in [7, 11) is 0. The van der Waals surface area contributed by atoms with Crippen LogP contribution in [0.5, 0.6) is 11.5 Å². The fourth-order valence-corrected chi connectivity index (χ4v) is 2.27. The third-order valence-corrected chi connectivity index (χ3v) is 3.56. The summed E-state index contributed by atoms with van der Waals surface area (Å²) in [6.45, 7) is 2.07. The predicted molar refractivity (Wildman–Crippen MR) is 87.4 cm³/mol. The first kappa shape index (κ1) is 16.8. The maximum absolute atomic E-state index is 11.8. The molecule has 5 nitrogen and oxygen atoms in total. The van der Waals surface area contributed by atoms with Crippen LogP contribution in [0.2, 0.25) is 0 Å². The van der Waals surface area contributed by atoms with Crippen molar-refractivity contribution in [3.8, 4) is 11.5 Å². The molecular formula is C18H21NO4. The van der Waals surface area contributed by atoms with Gasteiger partial charge in [0.05, 0.1) is 12.2 Å². The summed E-state index contributed by atoms with van der Waals surface area (Å²) in [5, 5.41) is 18.8. The van der Waals surface area contributed by atoms with Crippen LogP contribution < -0.4 is 5.73 Å². The molecule has 2 rings (SSSR count). The Hall–Kier alpha value is -2.53. The van der Waals surface area contributed by atoms with Crippen LogP contribution >= 0.6 is 0 Å². The summed E-state index contributed by atoms with van der Waals surface area (Å²) in [5.74, 6) is -0.707. The molecule has 0 radical (unpaired) electrons. The minimum atomic E-state index is -0.597. The van der Waals surface area contributed by atoms with Crippen molar-refractivity contribution in [1.29, 1.82) is 0 Å². The van der Waals surface area contributed by atoms with E-state index in [1.807, 2.05) is 13.0 Å². The van der Waals surface area contributed by atoms with Gasteiger partial charge in [0, 0.05) is 5.54 Å². The maximum Gasteiger partial charge on any atom is 0.338 e. The highest BCUT2D eigenvalue weighted by Gasteiger charge is 2.20. The van der Waals surface area contributed by atoms with Gasteiger partial charge in [0.15, 0.2) is 11.5 Å². The van der Waals surface area contributed by atoms with Gasteiger partial charge in [-0.05, 0) is 49.6 Å². The number of hydrogen-bond acceptors (Lipinski definition) is 5. The molecule has 0 aliphatic carbocycles. The number of esters is 1. The minimum Gasteiger partial charge on any atom is -0.504 e. The average Bonchev–Trinajstić information content (AvgIpc) is 2.51. The zero-order valence-corrected chi connectivity index (χ0v) is 13.0. The SMILES string of the molecule is C[C@@](N)(CCOC(=O)c1ccccc1)Cc1ccc(O)c(O)c1. The Labute approximate surface area is 135 Å². The van der Waals surface area contributed by atoms with Crippen LogP contribution in [0.1, 0.15) is 29.3 Å². The van der Waals surface area contributed by atoms with E-state index in [0.29, 0.717) is 18.4 Å². The summed E-state index contributed by atoms with van der Waals surface area (Å²) in [6, 6.07) is 13.4. The van der Waals surface area contributed by atoms with Crippen molar-refractivity contribution in [1.82, 2.24) is 0 Å². The molecule has 0 fully saturated rings. The first-order chi connectivity index (χ1) is 10.9. The number of phenols is 2. The van der Waals surface area contributed by atoms with Gasteiger partial charge in [-0.25, -0.2) is 4.79 Å². The van der Waals surface area contributed by atoms with E-state index >= 15 is 0 Å². The highest BCUT2D eigenvalue weighted by Crippen LogP contribution is 2.27. The lowest BCUT2D eigenvalue weighted by Gasteiger charge is -2.24. The number of carbonyl (C=O) groups is 1. The number of carbonyl (C=O) groups excluding carboxylic acids is 1. The van der Waals surface area contributed by atoms with Gasteiger partial charge in [-0.2, -0.15) is 0 Å². The lowest BCUT2D eigenvalue weighted by Crippen LogP contribution is -2.40. The van der Waals surface area contributed by atoms with Gasteiger partial charge in [0.25, 0.3) is 0 Å². The van der Waals surface area contributed by atoms with E-state index in [1.54, 1.807) is 30.3 Å². The molecule has 2 aromatic rings. The fourth-order valence-electron chi connectivity index (χ4n) is 2.27. The molecule has 0 unspecified atom stereocenters. The van der Waals surface area contributed by atoms with E-state index in [4.69, 9.17) is 10.5 Å². The standard InChI is InChI=1S/C18H21NO4/c1-18(19,12-13-7-8-15(20)16(21)11-13)9-10-23-17(22)14-5-3-2-4-6-14/h2-8,11,20-21H,9-10,12,19H2,1H3/t18-/m1/s1. The van der Waals surface area contributed by atoms with Crippen molar-refractivity contribution in [3.63, 3.8) is 0 Å². The molecule has 0 aliphatic heterocycles. The van der Waals surface area contributed by atoms with Crippen molar-refractivity contribution < 1.29 is 19.7 Å². The molecule has 1 atom stereocenters. The highest BCUT2D eigenvalue weighted by atomic mass is 16.5. The van der Waals surface area contributed by atoms with E-state index < -0.39 is 5.54 Å². The Bertz CT molecular complexity index is 668. The van der Waals surface area contributed by atoms with Gasteiger partial charge in [-0.1, -0.05) is 24.3 Å². The van der Waals surface area contributed by atoms with Gasteiger partial charge >= 0.3 is 5.97 Å². The zero-order valence-electron chi connectivity index (χ0n) is 13.0. The van der Waals surface area contributed by atoms with Crippen LogP contribution in [0.25, 0.3) is 0 Å². The summed E-state index contributed by atoms with van der Waals surface area (Å²) in [4.78, 5) is 11.8. The second-order valence-electron chi connectivity index (χ2n) is 5.91. The van der Waals surface area contributed by atoms with Gasteiger partial charge < -0.3 is 20.7 Å². The van der Waals surface area contributed by atoms with E-state index in [2.05, 4.69) is 0 Å². The van der Waals surface area contributed by atoms with Gasteiger partial charge in [-0.15, -0.1) is 0 Å². The van der Waals surface area contributed by atoms with Crippen molar-refractivity contribution in [2.75, 3.05) is 6.61 Å². The summed E-state index contributed by atoms with van der Waals surface area (Å²) >= 11 is 0. The second kappa shape index (κ2) is 7.15. The molecular weight excluding hydrogens is 294 g/mol. The van der Waals surface area contributed by atoms with Gasteiger partial charge in [-0.3, -0.25) is 0 Å². The Morgan fingerprint density at radius 3 is 2.48 bits per heavy atom. The molecule has 0 amide bonds. The van der Waals surface area contributed by atoms with Crippen molar-refractivity contribution >= 4 is 5.97 Å². The topological polar surface area (TPSA) is 92.8 Å². The quantitative estimate of drug-likeness (QED) is 0.563. The average molecular weight is 315 g/mol. The fraction of sp³-hybridized carbons (Fsp3) is 0.278. The number of ether oxygens (including phenoxy) is 1. The number of rotatable bonds is 6. The molecule has 4 N–H and O–H groups in total. The first-order valence-corrected chi connectivity index (χ1v) is 7.39. The number of phenolic OH excluding ortho intramolecular Hbond substituents is 2. The normalized spacial score (nSPS) is 13.3. The molecule has 0 heterocycles. The third kappa shape index (κ3) is 5.00. The lowest BCUT2D eigenvalue weighted by atomic mass is 9.91. The number of aromatic hydroxyl groups is 2. The van der Waals surface area contributed by atoms with Gasteiger partial charge in [0.1, 0.15) is 0 Å². The van der Waals surface area contributed by atoms with Crippen molar-refractivity contribution in [3.05, 3.63) is 59.7 Å². The molecule has 0 aliphatic rings. The Morgan fingerprint density at radius 1 is 1.13 bits per heavy atom. The van der Waals surface area contributed by atoms with Crippen LogP contribution in [-0.2, 0) is 11.2 Å². The van der Waals surface area contributed by atoms with Crippen LogP contribution in [-0.4, -0.2) is 28.3 Å². The number of hydrogen-bond donors (Lipinski definition) is 3. The first-order valence-electron chi connectivity index (χ1n) is 7.39. The van der Waals surface area contributed by atoms with Crippen LogP contribution in [0.4, 0.5) is 0 Å². The molecule has 0 aromatic heterocycles. The van der Waals surface area contributed by atoms with E-state index in [0.717, 1.165) is 5.56 Å². The molecule has 0 bridgehead atoms. The Morgan fingerprint density at radius 2 is 1.83 bits per heavy atom. The molecule has 0 saturated carbocycles. The largest absolute Gasteiger partial charge is 0.504 e. The molecule has 2 aromatic carbocycles. The van der Waals surface area contributed by atoms with E-state index in [-0.39, 0.29) is 24.1 Å². The van der Waals surface area contributed by atoms with Crippen LogP contribution in [0, 0.1) is 0 Å². The molecule has 23 heavy (non-hydrogen) atoms. The molecule has 122 valence electrons. The van der Waals surface area contributed by atoms with Crippen LogP contribution in [0.3, 0.4) is 0 Å². The van der Waals surface area contributed by atoms with Crippen molar-refractivity contribution in [2.45, 2.75) is 25.3 Å². The van der Waals surface area contributed by atoms with Gasteiger partial charge in [0.2, 0.25) is 0 Å². The van der Waals surface area contributed by atoms with E-state index in [9.17, 15) is 15.0 Å². The smallest absolute Gasteiger partial charge is 0.338 e. The zero-order chi connectivity index (χ0) is 16.9. The minimum absolute atomic E-state index is 0.163. The summed E-state index contributed by atoms with van der Waals surface area (Å²) < 4.78 is 5.24. The second-order valence-corrected chi connectivity index (χ2v) is 5.91. The molecule has 5 heteroatoms. The Kier molecular flexibility index (Phi) is 5.24. The monoisotopic (exact) mass is 315 g/mol. The molecule has 0 spiro atoms. The molecule has 0 saturated heterocycles. The predicted octanol–water partition coefficient (Wildman–Crippen LogP) is 2.60. The number of nitrogens with two attached hydrogens (primary N) is 1. The van der Waals surface area contributed by atoms with Crippen molar-refractivity contribution in [2.24, 2.45) is 5.73 Å². The number of benzene rings is 2. The lowest BCUT2D eigenvalue weighted by molar-refractivity contribution is 0.0478. The van der Waals surface area contributed by atoms with E-state index in [1.165, 1.54) is 12.1 Å². The highest BCUT2D eigenvalue weighted by molar-refractivity contribution is 5.89. The third-order valence-electron chi connectivity index (χ3n) is 3.56. The maximum atomic E-state index is 11.8. The van der Waals surface area contributed by atoms with Crippen LogP contribution in [0.15, 0.2) is 48.5 Å². The Balaban J connectivity index is 1.86.